The molecule has 3 N–H and O–H groups in total. The monoisotopic (exact) mass is 309 g/mol. The van der Waals surface area contributed by atoms with Crippen molar-refractivity contribution >= 4 is 15.7 Å². The lowest BCUT2D eigenvalue weighted by molar-refractivity contribution is 0.543. The van der Waals surface area contributed by atoms with E-state index in [1.54, 1.807) is 6.07 Å². The fourth-order valence-corrected chi connectivity index (χ4v) is 3.16. The van der Waals surface area contributed by atoms with Crippen molar-refractivity contribution in [2.75, 3.05) is 12.3 Å². The summed E-state index contributed by atoms with van der Waals surface area (Å²) in [6.07, 6.45) is 2.04. The molecule has 0 aliphatic heterocycles. The van der Waals surface area contributed by atoms with Crippen LogP contribution in [0.5, 0.6) is 0 Å². The Bertz CT molecular complexity index is 724. The fraction of sp³-hybridized carbons (Fsp3) is 0.385. The van der Waals surface area contributed by atoms with Gasteiger partial charge in [-0.2, -0.15) is 5.10 Å². The smallest absolute Gasteiger partial charge is 0.260 e. The first-order valence-electron chi connectivity index (χ1n) is 6.61. The minimum absolute atomic E-state index is 0.129. The van der Waals surface area contributed by atoms with E-state index >= 15 is 0 Å². The Hall–Kier alpha value is -1.93. The molecule has 2 aromatic heterocycles. The van der Waals surface area contributed by atoms with Crippen LogP contribution >= 0.6 is 0 Å². The molecule has 21 heavy (non-hydrogen) atoms. The Labute approximate surface area is 124 Å². The van der Waals surface area contributed by atoms with Crippen LogP contribution in [0.2, 0.25) is 0 Å². The maximum atomic E-state index is 12.1. The van der Waals surface area contributed by atoms with Gasteiger partial charge in [0.1, 0.15) is 0 Å². The summed E-state index contributed by atoms with van der Waals surface area (Å²) in [7, 11) is -3.67. The van der Waals surface area contributed by atoms with E-state index in [-0.39, 0.29) is 10.7 Å². The molecule has 0 fully saturated rings. The van der Waals surface area contributed by atoms with Crippen molar-refractivity contribution in [2.45, 2.75) is 31.8 Å². The summed E-state index contributed by atoms with van der Waals surface area (Å²) in [5, 5.41) is 4.19. The minimum Gasteiger partial charge on any atom is -0.396 e. The molecule has 0 radical (unpaired) electrons. The number of hydrogen-bond donors (Lipinski definition) is 2. The Morgan fingerprint density at radius 2 is 2.14 bits per heavy atom. The number of nitrogens with two attached hydrogens (primary N) is 1. The van der Waals surface area contributed by atoms with Crippen LogP contribution in [0.15, 0.2) is 29.4 Å². The predicted molar refractivity (Wildman–Crippen MR) is 80.2 cm³/mol. The first kappa shape index (κ1) is 15.5. The third kappa shape index (κ3) is 3.79. The summed E-state index contributed by atoms with van der Waals surface area (Å²) in [5.74, 6) is 0. The molecule has 0 amide bonds. The largest absolute Gasteiger partial charge is 0.396 e. The van der Waals surface area contributed by atoms with Crippen molar-refractivity contribution in [1.82, 2.24) is 19.5 Å². The Morgan fingerprint density at radius 3 is 2.76 bits per heavy atom. The maximum absolute atomic E-state index is 12.1. The summed E-state index contributed by atoms with van der Waals surface area (Å²) < 4.78 is 28.5. The molecule has 0 aliphatic rings. The summed E-state index contributed by atoms with van der Waals surface area (Å²) in [6, 6.07) is 5.09. The van der Waals surface area contributed by atoms with Crippen LogP contribution in [0.3, 0.4) is 0 Å². The lowest BCUT2D eigenvalue weighted by Crippen LogP contribution is -2.27. The molecule has 2 aromatic rings. The second-order valence-electron chi connectivity index (χ2n) is 4.80. The highest BCUT2D eigenvalue weighted by atomic mass is 32.2. The SMILES string of the molecule is Cc1cc(C)n(CCCNS(=O)(=O)c2ncccc2N)n1. The summed E-state index contributed by atoms with van der Waals surface area (Å²) in [4.78, 5) is 3.81. The Balaban J connectivity index is 1.91. The molecule has 0 unspecified atom stereocenters. The van der Waals surface area contributed by atoms with Gasteiger partial charge in [0.05, 0.1) is 11.4 Å². The summed E-state index contributed by atoms with van der Waals surface area (Å²) in [5.41, 5.74) is 7.78. The molecule has 2 heterocycles. The summed E-state index contributed by atoms with van der Waals surface area (Å²) in [6.45, 7) is 4.85. The van der Waals surface area contributed by atoms with Gasteiger partial charge in [-0.3, -0.25) is 4.68 Å². The van der Waals surface area contributed by atoms with Crippen molar-refractivity contribution in [1.29, 1.82) is 0 Å². The van der Waals surface area contributed by atoms with Crippen LogP contribution in [0.4, 0.5) is 5.69 Å². The van der Waals surface area contributed by atoms with E-state index in [0.717, 1.165) is 11.4 Å². The second kappa shape index (κ2) is 6.23. The molecule has 0 saturated heterocycles. The van der Waals surface area contributed by atoms with Gasteiger partial charge in [-0.1, -0.05) is 0 Å². The standard InChI is InChI=1S/C13H19N5O2S/c1-10-9-11(2)18(17-10)8-4-7-16-21(19,20)13-12(14)5-3-6-15-13/h3,5-6,9,16H,4,7-8,14H2,1-2H3. The normalized spacial score (nSPS) is 11.7. The number of aromatic nitrogens is 3. The molecule has 0 spiro atoms. The van der Waals surface area contributed by atoms with Gasteiger partial charge in [-0.25, -0.2) is 18.1 Å². The van der Waals surface area contributed by atoms with Gasteiger partial charge in [-0.05, 0) is 38.5 Å². The highest BCUT2D eigenvalue weighted by molar-refractivity contribution is 7.89. The molecular weight excluding hydrogens is 290 g/mol. The lowest BCUT2D eigenvalue weighted by Gasteiger charge is -2.08. The second-order valence-corrected chi connectivity index (χ2v) is 6.48. The lowest BCUT2D eigenvalue weighted by atomic mass is 10.4. The number of anilines is 1. The van der Waals surface area contributed by atoms with Crippen molar-refractivity contribution in [2.24, 2.45) is 0 Å². The average Bonchev–Trinajstić information content (AvgIpc) is 2.73. The zero-order valence-electron chi connectivity index (χ0n) is 12.1. The molecule has 8 heteroatoms. The minimum atomic E-state index is -3.67. The topological polar surface area (TPSA) is 103 Å². The van der Waals surface area contributed by atoms with Crippen LogP contribution in [0.1, 0.15) is 17.8 Å². The van der Waals surface area contributed by atoms with Gasteiger partial charge in [0.25, 0.3) is 10.0 Å². The fourth-order valence-electron chi connectivity index (χ4n) is 2.03. The van der Waals surface area contributed by atoms with E-state index in [9.17, 15) is 8.42 Å². The van der Waals surface area contributed by atoms with Crippen LogP contribution in [0, 0.1) is 13.8 Å². The zero-order chi connectivity index (χ0) is 15.5. The highest BCUT2D eigenvalue weighted by Gasteiger charge is 2.17. The van der Waals surface area contributed by atoms with Crippen LogP contribution < -0.4 is 10.5 Å². The van der Waals surface area contributed by atoms with Gasteiger partial charge in [0, 0.05) is 25.0 Å². The molecule has 2 rings (SSSR count). The zero-order valence-corrected chi connectivity index (χ0v) is 12.9. The number of aryl methyl sites for hydroxylation is 3. The molecule has 0 atom stereocenters. The number of sulfonamides is 1. The van der Waals surface area contributed by atoms with E-state index in [1.807, 2.05) is 24.6 Å². The average molecular weight is 309 g/mol. The maximum Gasteiger partial charge on any atom is 0.260 e. The first-order valence-corrected chi connectivity index (χ1v) is 8.09. The molecular formula is C13H19N5O2S. The molecule has 0 bridgehead atoms. The first-order chi connectivity index (χ1) is 9.90. The number of rotatable bonds is 6. The van der Waals surface area contributed by atoms with Gasteiger partial charge < -0.3 is 5.73 Å². The van der Waals surface area contributed by atoms with Crippen LogP contribution in [-0.4, -0.2) is 29.7 Å². The van der Waals surface area contributed by atoms with Crippen molar-refractivity contribution < 1.29 is 8.42 Å². The molecule has 0 aromatic carbocycles. The van der Waals surface area contributed by atoms with E-state index in [2.05, 4.69) is 14.8 Å². The van der Waals surface area contributed by atoms with E-state index < -0.39 is 10.0 Å². The molecule has 7 nitrogen and oxygen atoms in total. The quantitative estimate of drug-likeness (QED) is 0.770. The number of pyridine rings is 1. The van der Waals surface area contributed by atoms with Crippen molar-refractivity contribution in [3.63, 3.8) is 0 Å². The number of nitrogen functional groups attached to an aromatic ring is 1. The van der Waals surface area contributed by atoms with Crippen molar-refractivity contribution in [3.8, 4) is 0 Å². The van der Waals surface area contributed by atoms with Gasteiger partial charge in [0.2, 0.25) is 0 Å². The van der Waals surface area contributed by atoms with Crippen molar-refractivity contribution in [3.05, 3.63) is 35.8 Å². The number of nitrogens with one attached hydrogen (secondary N) is 1. The van der Waals surface area contributed by atoms with Gasteiger partial charge >= 0.3 is 0 Å². The third-order valence-corrected chi connectivity index (χ3v) is 4.43. The predicted octanol–water partition coefficient (Wildman–Crippen LogP) is 0.846. The van der Waals surface area contributed by atoms with Gasteiger partial charge in [0.15, 0.2) is 5.03 Å². The van der Waals surface area contributed by atoms with E-state index in [1.165, 1.54) is 12.3 Å². The van der Waals surface area contributed by atoms with Crippen LogP contribution in [0.25, 0.3) is 0 Å². The Morgan fingerprint density at radius 1 is 1.38 bits per heavy atom. The van der Waals surface area contributed by atoms with E-state index in [0.29, 0.717) is 19.5 Å². The number of nitrogens with zero attached hydrogens (tertiary/aromatic N) is 3. The highest BCUT2D eigenvalue weighted by Crippen LogP contribution is 2.13. The van der Waals surface area contributed by atoms with Gasteiger partial charge in [-0.15, -0.1) is 0 Å². The third-order valence-electron chi connectivity index (χ3n) is 3.00. The Kier molecular flexibility index (Phi) is 4.59. The van der Waals surface area contributed by atoms with Crippen LogP contribution in [-0.2, 0) is 16.6 Å². The molecule has 114 valence electrons. The van der Waals surface area contributed by atoms with E-state index in [4.69, 9.17) is 5.73 Å². The molecule has 0 saturated carbocycles. The summed E-state index contributed by atoms with van der Waals surface area (Å²) >= 11 is 0. The molecule has 0 aliphatic carbocycles. The number of hydrogen-bond acceptors (Lipinski definition) is 5.